The molecule has 0 atom stereocenters. The van der Waals surface area contributed by atoms with Gasteiger partial charge in [0.2, 0.25) is 0 Å². The van der Waals surface area contributed by atoms with Crippen LogP contribution in [-0.2, 0) is 6.42 Å². The monoisotopic (exact) mass is 289 g/mol. The number of aromatic nitrogens is 1. The van der Waals surface area contributed by atoms with Crippen molar-refractivity contribution < 1.29 is 4.79 Å². The molecule has 1 amide bonds. The summed E-state index contributed by atoms with van der Waals surface area (Å²) in [5, 5.41) is 0.154. The molecule has 1 aromatic heterocycles. The van der Waals surface area contributed by atoms with Gasteiger partial charge in [0.15, 0.2) is 0 Å². The first-order valence-corrected chi connectivity index (χ1v) is 6.68. The predicted octanol–water partition coefficient (Wildman–Crippen LogP) is 3.16. The molecule has 1 heterocycles. The van der Waals surface area contributed by atoms with Gasteiger partial charge in [0.1, 0.15) is 5.15 Å². The summed E-state index contributed by atoms with van der Waals surface area (Å²) in [4.78, 5) is 17.8. The number of aryl methyl sites for hydroxylation is 1. The van der Waals surface area contributed by atoms with E-state index < -0.39 is 0 Å². The van der Waals surface area contributed by atoms with Gasteiger partial charge in [-0.15, -0.1) is 0 Å². The standard InChI is InChI=1S/C15H16ClN3O/c1-3-10-4-6-12(7-5-10)19(2)15(20)13-8-11(17)9-18-14(13)16/h4-9H,3,17H2,1-2H3. The number of nitrogens with two attached hydrogens (primary N) is 1. The molecule has 104 valence electrons. The van der Waals surface area contributed by atoms with Crippen molar-refractivity contribution >= 4 is 28.9 Å². The minimum atomic E-state index is -0.237. The first kappa shape index (κ1) is 14.3. The Morgan fingerprint density at radius 3 is 2.60 bits per heavy atom. The maximum absolute atomic E-state index is 12.4. The number of amides is 1. The third-order valence-corrected chi connectivity index (χ3v) is 3.43. The Morgan fingerprint density at radius 1 is 1.35 bits per heavy atom. The van der Waals surface area contributed by atoms with E-state index in [1.54, 1.807) is 7.05 Å². The average Bonchev–Trinajstić information content (AvgIpc) is 2.48. The summed E-state index contributed by atoms with van der Waals surface area (Å²) in [5.41, 5.74) is 8.38. The summed E-state index contributed by atoms with van der Waals surface area (Å²) in [5.74, 6) is -0.237. The fourth-order valence-corrected chi connectivity index (χ4v) is 2.05. The Kier molecular flexibility index (Phi) is 4.25. The Bertz CT molecular complexity index is 626. The highest BCUT2D eigenvalue weighted by molar-refractivity contribution is 6.33. The Morgan fingerprint density at radius 2 is 2.00 bits per heavy atom. The topological polar surface area (TPSA) is 59.2 Å². The zero-order chi connectivity index (χ0) is 14.7. The highest BCUT2D eigenvalue weighted by Gasteiger charge is 2.17. The average molecular weight is 290 g/mol. The van der Waals surface area contributed by atoms with Crippen LogP contribution in [0.25, 0.3) is 0 Å². The van der Waals surface area contributed by atoms with E-state index in [1.807, 2.05) is 24.3 Å². The molecule has 0 fully saturated rings. The molecule has 2 rings (SSSR count). The van der Waals surface area contributed by atoms with Crippen molar-refractivity contribution in [3.8, 4) is 0 Å². The molecule has 0 aliphatic carbocycles. The highest BCUT2D eigenvalue weighted by atomic mass is 35.5. The van der Waals surface area contributed by atoms with Crippen LogP contribution < -0.4 is 10.6 Å². The van der Waals surface area contributed by atoms with Crippen molar-refractivity contribution in [3.63, 3.8) is 0 Å². The van der Waals surface area contributed by atoms with Crippen LogP contribution in [0.5, 0.6) is 0 Å². The van der Waals surface area contributed by atoms with Crippen molar-refractivity contribution in [2.24, 2.45) is 0 Å². The SMILES string of the molecule is CCc1ccc(N(C)C(=O)c2cc(N)cnc2Cl)cc1. The van der Waals surface area contributed by atoms with Gasteiger partial charge in [-0.1, -0.05) is 30.7 Å². The van der Waals surface area contributed by atoms with E-state index >= 15 is 0 Å². The van der Waals surface area contributed by atoms with Gasteiger partial charge in [-0.25, -0.2) is 4.98 Å². The molecule has 2 N–H and O–H groups in total. The molecule has 0 saturated carbocycles. The Hall–Kier alpha value is -2.07. The van der Waals surface area contributed by atoms with Crippen LogP contribution in [0.3, 0.4) is 0 Å². The quantitative estimate of drug-likeness (QED) is 0.883. The fraction of sp³-hybridized carbons (Fsp3) is 0.200. The number of benzene rings is 1. The van der Waals surface area contributed by atoms with Gasteiger partial charge in [0.05, 0.1) is 17.4 Å². The Balaban J connectivity index is 2.29. The molecule has 0 aliphatic rings. The molecule has 0 radical (unpaired) electrons. The maximum Gasteiger partial charge on any atom is 0.261 e. The van der Waals surface area contributed by atoms with Crippen LogP contribution in [0.15, 0.2) is 36.5 Å². The van der Waals surface area contributed by atoms with E-state index in [0.717, 1.165) is 12.1 Å². The molecular formula is C15H16ClN3O. The molecule has 0 aliphatic heterocycles. The van der Waals surface area contributed by atoms with Crippen molar-refractivity contribution in [1.82, 2.24) is 4.98 Å². The lowest BCUT2D eigenvalue weighted by atomic mass is 10.1. The third kappa shape index (κ3) is 2.91. The van der Waals surface area contributed by atoms with Gasteiger partial charge in [-0.2, -0.15) is 0 Å². The number of halogens is 1. The van der Waals surface area contributed by atoms with Crippen molar-refractivity contribution in [3.05, 3.63) is 52.8 Å². The van der Waals surface area contributed by atoms with Crippen molar-refractivity contribution in [2.45, 2.75) is 13.3 Å². The number of nitrogen functional groups attached to an aromatic ring is 1. The molecule has 1 aromatic carbocycles. The second kappa shape index (κ2) is 5.92. The predicted molar refractivity (Wildman–Crippen MR) is 82.2 cm³/mol. The lowest BCUT2D eigenvalue weighted by molar-refractivity contribution is 0.0993. The van der Waals surface area contributed by atoms with E-state index in [0.29, 0.717) is 11.3 Å². The summed E-state index contributed by atoms with van der Waals surface area (Å²) in [7, 11) is 1.70. The highest BCUT2D eigenvalue weighted by Crippen LogP contribution is 2.21. The normalized spacial score (nSPS) is 10.3. The zero-order valence-electron chi connectivity index (χ0n) is 11.4. The van der Waals surface area contributed by atoms with Gasteiger partial charge in [0, 0.05) is 12.7 Å². The maximum atomic E-state index is 12.4. The summed E-state index contributed by atoms with van der Waals surface area (Å²) < 4.78 is 0. The number of carbonyl (C=O) groups is 1. The minimum Gasteiger partial charge on any atom is -0.397 e. The van der Waals surface area contributed by atoms with E-state index in [-0.39, 0.29) is 11.1 Å². The largest absolute Gasteiger partial charge is 0.397 e. The number of rotatable bonds is 3. The first-order chi connectivity index (χ1) is 9.52. The Labute approximate surface area is 123 Å². The third-order valence-electron chi connectivity index (χ3n) is 3.13. The molecule has 0 unspecified atom stereocenters. The molecule has 20 heavy (non-hydrogen) atoms. The number of hydrogen-bond donors (Lipinski definition) is 1. The van der Waals surface area contributed by atoms with Gasteiger partial charge in [-0.3, -0.25) is 4.79 Å². The van der Waals surface area contributed by atoms with Crippen LogP contribution in [0.1, 0.15) is 22.8 Å². The number of nitrogens with zero attached hydrogens (tertiary/aromatic N) is 2. The zero-order valence-corrected chi connectivity index (χ0v) is 12.2. The smallest absolute Gasteiger partial charge is 0.261 e. The van der Waals surface area contributed by atoms with Crippen LogP contribution in [0, 0.1) is 0 Å². The summed E-state index contributed by atoms with van der Waals surface area (Å²) in [6.07, 6.45) is 2.39. The molecule has 5 heteroatoms. The summed E-state index contributed by atoms with van der Waals surface area (Å²) in [6.45, 7) is 2.09. The fourth-order valence-electron chi connectivity index (χ4n) is 1.87. The van der Waals surface area contributed by atoms with E-state index in [9.17, 15) is 4.79 Å². The van der Waals surface area contributed by atoms with E-state index in [2.05, 4.69) is 11.9 Å². The summed E-state index contributed by atoms with van der Waals surface area (Å²) >= 11 is 5.96. The molecule has 0 bridgehead atoms. The minimum absolute atomic E-state index is 0.154. The number of carbonyl (C=O) groups excluding carboxylic acids is 1. The summed E-state index contributed by atoms with van der Waals surface area (Å²) in [6, 6.07) is 9.35. The second-order valence-corrected chi connectivity index (χ2v) is 4.85. The van der Waals surface area contributed by atoms with Gasteiger partial charge in [0.25, 0.3) is 5.91 Å². The number of anilines is 2. The second-order valence-electron chi connectivity index (χ2n) is 4.49. The van der Waals surface area contributed by atoms with Crippen molar-refractivity contribution in [1.29, 1.82) is 0 Å². The van der Waals surface area contributed by atoms with Gasteiger partial charge < -0.3 is 10.6 Å². The van der Waals surface area contributed by atoms with Crippen LogP contribution >= 0.6 is 11.6 Å². The molecule has 4 nitrogen and oxygen atoms in total. The lowest BCUT2D eigenvalue weighted by Crippen LogP contribution is -2.26. The van der Waals surface area contributed by atoms with Gasteiger partial charge in [-0.05, 0) is 30.2 Å². The lowest BCUT2D eigenvalue weighted by Gasteiger charge is -2.18. The molecule has 0 saturated heterocycles. The van der Waals surface area contributed by atoms with Gasteiger partial charge >= 0.3 is 0 Å². The van der Waals surface area contributed by atoms with E-state index in [1.165, 1.54) is 22.7 Å². The van der Waals surface area contributed by atoms with E-state index in [4.69, 9.17) is 17.3 Å². The molecular weight excluding hydrogens is 274 g/mol. The van der Waals surface area contributed by atoms with Crippen LogP contribution in [0.4, 0.5) is 11.4 Å². The number of pyridine rings is 1. The first-order valence-electron chi connectivity index (χ1n) is 6.31. The number of hydrogen-bond acceptors (Lipinski definition) is 3. The molecule has 0 spiro atoms. The van der Waals surface area contributed by atoms with Crippen LogP contribution in [-0.4, -0.2) is 17.9 Å². The van der Waals surface area contributed by atoms with Crippen LogP contribution in [0.2, 0.25) is 5.15 Å². The molecule has 2 aromatic rings. The van der Waals surface area contributed by atoms with Crippen molar-refractivity contribution in [2.75, 3.05) is 17.7 Å².